The molecular formula is C23H19IN2OS. The predicted octanol–water partition coefficient (Wildman–Crippen LogP) is 6.33. The van der Waals surface area contributed by atoms with Crippen molar-refractivity contribution in [3.05, 3.63) is 91.3 Å². The maximum Gasteiger partial charge on any atom is 0.163 e. The number of anilines is 2. The van der Waals surface area contributed by atoms with Crippen molar-refractivity contribution in [2.45, 2.75) is 24.8 Å². The Balaban J connectivity index is 1.65. The number of fused-ring (bicyclic) bond motifs is 1. The molecule has 2 heterocycles. The molecule has 5 rings (SSSR count). The largest absolute Gasteiger partial charge is 0.372 e. The van der Waals surface area contributed by atoms with E-state index in [1.54, 1.807) is 11.3 Å². The molecule has 0 amide bonds. The first kappa shape index (κ1) is 17.9. The van der Waals surface area contributed by atoms with Crippen LogP contribution >= 0.6 is 33.9 Å². The quantitative estimate of drug-likeness (QED) is 0.406. The zero-order valence-corrected chi connectivity index (χ0v) is 18.1. The van der Waals surface area contributed by atoms with Crippen LogP contribution in [0, 0.1) is 3.57 Å². The number of hydrogen-bond acceptors (Lipinski definition) is 4. The van der Waals surface area contributed by atoms with Crippen molar-refractivity contribution in [1.82, 2.24) is 0 Å². The maximum absolute atomic E-state index is 13.4. The Morgan fingerprint density at radius 2 is 1.71 bits per heavy atom. The highest BCUT2D eigenvalue weighted by atomic mass is 127. The van der Waals surface area contributed by atoms with Crippen LogP contribution in [0.2, 0.25) is 0 Å². The molecular weight excluding hydrogens is 479 g/mol. The molecule has 0 fully saturated rings. The van der Waals surface area contributed by atoms with Crippen molar-refractivity contribution < 1.29 is 4.79 Å². The summed E-state index contributed by atoms with van der Waals surface area (Å²) in [5.74, 6) is 0.483. The summed E-state index contributed by atoms with van der Waals surface area (Å²) in [6, 6.07) is 20.6. The van der Waals surface area contributed by atoms with E-state index in [-0.39, 0.29) is 17.7 Å². The second kappa shape index (κ2) is 7.37. The van der Waals surface area contributed by atoms with Crippen LogP contribution in [0.5, 0.6) is 0 Å². The van der Waals surface area contributed by atoms with Gasteiger partial charge in [0.05, 0.1) is 17.4 Å². The summed E-state index contributed by atoms with van der Waals surface area (Å²) in [7, 11) is 0. The van der Waals surface area contributed by atoms with Gasteiger partial charge in [-0.25, -0.2) is 0 Å². The maximum atomic E-state index is 13.4. The number of carbonyl (C=O) groups is 1. The monoisotopic (exact) mass is 498 g/mol. The lowest BCUT2D eigenvalue weighted by Gasteiger charge is -2.29. The summed E-state index contributed by atoms with van der Waals surface area (Å²) in [4.78, 5) is 14.7. The van der Waals surface area contributed by atoms with Crippen LogP contribution in [0.1, 0.15) is 35.2 Å². The van der Waals surface area contributed by atoms with E-state index in [1.807, 2.05) is 24.3 Å². The number of nitrogens with one attached hydrogen (secondary N) is 2. The van der Waals surface area contributed by atoms with Gasteiger partial charge < -0.3 is 10.6 Å². The predicted molar refractivity (Wildman–Crippen MR) is 124 cm³/mol. The van der Waals surface area contributed by atoms with Crippen LogP contribution in [0.3, 0.4) is 0 Å². The van der Waals surface area contributed by atoms with E-state index >= 15 is 0 Å². The topological polar surface area (TPSA) is 41.1 Å². The SMILES string of the molecule is O=C1CC(c2cccs2)CC2=C1C(c1ccccc1I)Nc1ccccc1N2. The Kier molecular flexibility index (Phi) is 4.72. The molecule has 3 aromatic rings. The first-order valence-corrected chi connectivity index (χ1v) is 11.3. The summed E-state index contributed by atoms with van der Waals surface area (Å²) in [5, 5.41) is 9.35. The van der Waals surface area contributed by atoms with E-state index in [1.165, 1.54) is 4.88 Å². The van der Waals surface area contributed by atoms with Gasteiger partial charge in [-0.05, 0) is 64.2 Å². The van der Waals surface area contributed by atoms with Crippen molar-refractivity contribution in [2.75, 3.05) is 10.6 Å². The minimum Gasteiger partial charge on any atom is -0.372 e. The summed E-state index contributed by atoms with van der Waals surface area (Å²) >= 11 is 4.11. The highest BCUT2D eigenvalue weighted by Crippen LogP contribution is 2.45. The molecule has 1 aliphatic heterocycles. The molecule has 2 N–H and O–H groups in total. The molecule has 0 radical (unpaired) electrons. The summed E-state index contributed by atoms with van der Waals surface area (Å²) in [6.07, 6.45) is 1.43. The molecule has 140 valence electrons. The van der Waals surface area contributed by atoms with Gasteiger partial charge in [0.2, 0.25) is 0 Å². The zero-order chi connectivity index (χ0) is 19.1. The molecule has 28 heavy (non-hydrogen) atoms. The highest BCUT2D eigenvalue weighted by molar-refractivity contribution is 14.1. The molecule has 1 aliphatic carbocycles. The Bertz CT molecular complexity index is 1070. The lowest BCUT2D eigenvalue weighted by atomic mass is 9.81. The molecule has 0 bridgehead atoms. The van der Waals surface area contributed by atoms with Crippen molar-refractivity contribution in [2.24, 2.45) is 0 Å². The molecule has 2 atom stereocenters. The van der Waals surface area contributed by atoms with E-state index in [4.69, 9.17) is 0 Å². The Morgan fingerprint density at radius 1 is 0.929 bits per heavy atom. The molecule has 2 aliphatic rings. The lowest BCUT2D eigenvalue weighted by Crippen LogP contribution is -2.27. The number of halogens is 1. The van der Waals surface area contributed by atoms with Crippen molar-refractivity contribution in [3.63, 3.8) is 0 Å². The van der Waals surface area contributed by atoms with E-state index < -0.39 is 0 Å². The fraction of sp³-hybridized carbons (Fsp3) is 0.174. The lowest BCUT2D eigenvalue weighted by molar-refractivity contribution is -0.116. The number of allylic oxidation sites excluding steroid dienone is 1. The van der Waals surface area contributed by atoms with Gasteiger partial charge in [0.1, 0.15) is 0 Å². The van der Waals surface area contributed by atoms with Gasteiger partial charge in [-0.15, -0.1) is 11.3 Å². The fourth-order valence-corrected chi connectivity index (χ4v) is 5.69. The molecule has 0 saturated carbocycles. The average Bonchev–Trinajstić information content (AvgIpc) is 3.17. The van der Waals surface area contributed by atoms with Crippen LogP contribution in [0.15, 0.2) is 77.3 Å². The summed E-state index contributed by atoms with van der Waals surface area (Å²) in [6.45, 7) is 0. The molecule has 2 unspecified atom stereocenters. The number of carbonyl (C=O) groups excluding carboxylic acids is 1. The van der Waals surface area contributed by atoms with Gasteiger partial charge >= 0.3 is 0 Å². The van der Waals surface area contributed by atoms with Crippen LogP contribution in [-0.4, -0.2) is 5.78 Å². The Morgan fingerprint density at radius 3 is 2.50 bits per heavy atom. The number of rotatable bonds is 2. The van der Waals surface area contributed by atoms with Gasteiger partial charge in [0.15, 0.2) is 5.78 Å². The van der Waals surface area contributed by atoms with E-state index in [0.717, 1.165) is 38.2 Å². The van der Waals surface area contributed by atoms with Crippen molar-refractivity contribution >= 4 is 51.1 Å². The van der Waals surface area contributed by atoms with Gasteiger partial charge in [0.25, 0.3) is 0 Å². The van der Waals surface area contributed by atoms with E-state index in [0.29, 0.717) is 6.42 Å². The molecule has 2 aromatic carbocycles. The van der Waals surface area contributed by atoms with Gasteiger partial charge in [-0.2, -0.15) is 0 Å². The van der Waals surface area contributed by atoms with Gasteiger partial charge in [-0.3, -0.25) is 4.79 Å². The third-order valence-corrected chi connectivity index (χ3v) is 7.49. The number of hydrogen-bond donors (Lipinski definition) is 2. The van der Waals surface area contributed by atoms with Crippen LogP contribution < -0.4 is 10.6 Å². The van der Waals surface area contributed by atoms with Gasteiger partial charge in [-0.1, -0.05) is 36.4 Å². The third-order valence-electron chi connectivity index (χ3n) is 5.47. The smallest absolute Gasteiger partial charge is 0.163 e. The number of ketones is 1. The molecule has 1 aromatic heterocycles. The summed E-state index contributed by atoms with van der Waals surface area (Å²) < 4.78 is 1.16. The molecule has 5 heteroatoms. The van der Waals surface area contributed by atoms with Crippen LogP contribution in [-0.2, 0) is 4.79 Å². The van der Waals surface area contributed by atoms with Crippen molar-refractivity contribution in [3.8, 4) is 0 Å². The van der Waals surface area contributed by atoms with Crippen molar-refractivity contribution in [1.29, 1.82) is 0 Å². The standard InChI is InChI=1S/C23H19IN2OS/c24-16-7-2-1-6-15(16)23-22-19(25-17-8-3-4-9-18(17)26-23)12-14(13-20(22)27)21-10-5-11-28-21/h1-11,14,23,25-26H,12-13H2. The zero-order valence-electron chi connectivity index (χ0n) is 15.1. The second-order valence-electron chi connectivity index (χ2n) is 7.21. The van der Waals surface area contributed by atoms with Crippen LogP contribution in [0.25, 0.3) is 0 Å². The van der Waals surface area contributed by atoms with Gasteiger partial charge in [0, 0.05) is 32.1 Å². The number of thiophene rings is 1. The normalized spacial score (nSPS) is 21.2. The Hall–Kier alpha value is -2.12. The number of Topliss-reactive ketones (excluding diaryl/α,β-unsaturated/α-hetero) is 1. The van der Waals surface area contributed by atoms with Crippen LogP contribution in [0.4, 0.5) is 11.4 Å². The number of para-hydroxylation sites is 2. The molecule has 3 nitrogen and oxygen atoms in total. The third kappa shape index (κ3) is 3.16. The molecule has 0 spiro atoms. The Labute approximate surface area is 182 Å². The minimum atomic E-state index is -0.143. The summed E-state index contributed by atoms with van der Waals surface area (Å²) in [5.41, 5.74) is 5.15. The first-order chi connectivity index (χ1) is 13.7. The average molecular weight is 498 g/mol. The van der Waals surface area contributed by atoms with E-state index in [9.17, 15) is 4.79 Å². The second-order valence-corrected chi connectivity index (χ2v) is 9.35. The van der Waals surface area contributed by atoms with E-state index in [2.05, 4.69) is 75.0 Å². The number of benzene rings is 2. The molecule has 0 saturated heterocycles. The minimum absolute atomic E-state index is 0.143. The fourth-order valence-electron chi connectivity index (χ4n) is 4.16. The highest BCUT2D eigenvalue weighted by Gasteiger charge is 2.36. The first-order valence-electron chi connectivity index (χ1n) is 9.37.